The van der Waals surface area contributed by atoms with Crippen LogP contribution in [0.3, 0.4) is 0 Å². The van der Waals surface area contributed by atoms with Gasteiger partial charge in [0.25, 0.3) is 0 Å². The van der Waals surface area contributed by atoms with E-state index >= 15 is 0 Å². The number of anilines is 1. The topological polar surface area (TPSA) is 68.1 Å². The molecule has 1 heterocycles. The summed E-state index contributed by atoms with van der Waals surface area (Å²) in [5.41, 5.74) is 0.952. The van der Waals surface area contributed by atoms with E-state index in [2.05, 4.69) is 17.2 Å². The minimum Gasteiger partial charge on any atom is -0.379 e. The lowest BCUT2D eigenvalue weighted by Gasteiger charge is -2.28. The number of aromatic nitrogens is 1. The number of hydrogen-bond acceptors (Lipinski definition) is 4. The molecule has 1 aromatic heterocycles. The van der Waals surface area contributed by atoms with Gasteiger partial charge in [-0.15, -0.1) is 0 Å². The van der Waals surface area contributed by atoms with Crippen molar-refractivity contribution in [2.24, 2.45) is 5.41 Å². The summed E-state index contributed by atoms with van der Waals surface area (Å²) in [6.45, 7) is 3.02. The van der Waals surface area contributed by atoms with Crippen LogP contribution in [0, 0.1) is 15.5 Å². The number of rotatable bonds is 5. The first-order valence-corrected chi connectivity index (χ1v) is 6.49. The van der Waals surface area contributed by atoms with Gasteiger partial charge in [-0.3, -0.25) is 15.1 Å². The molecular formula is C13H19N3O2. The Hall–Kier alpha value is -1.65. The second kappa shape index (κ2) is 5.33. The molecule has 0 aromatic carbocycles. The minimum atomic E-state index is -0.386. The molecule has 0 atom stereocenters. The van der Waals surface area contributed by atoms with Crippen molar-refractivity contribution < 1.29 is 4.92 Å². The minimum absolute atomic E-state index is 0.0572. The first-order chi connectivity index (χ1) is 8.67. The number of nitrogens with zero attached hydrogens (tertiary/aromatic N) is 2. The molecule has 5 heteroatoms. The van der Waals surface area contributed by atoms with Crippen molar-refractivity contribution in [2.45, 2.75) is 39.0 Å². The van der Waals surface area contributed by atoms with E-state index in [1.165, 1.54) is 31.9 Å². The van der Waals surface area contributed by atoms with Crippen LogP contribution in [-0.4, -0.2) is 16.5 Å². The van der Waals surface area contributed by atoms with Gasteiger partial charge >= 0.3 is 5.69 Å². The van der Waals surface area contributed by atoms with Crippen molar-refractivity contribution in [1.29, 1.82) is 0 Å². The Morgan fingerprint density at radius 3 is 2.83 bits per heavy atom. The highest BCUT2D eigenvalue weighted by Gasteiger charge is 2.32. The van der Waals surface area contributed by atoms with E-state index in [4.69, 9.17) is 0 Å². The predicted octanol–water partition coefficient (Wildman–Crippen LogP) is 3.37. The summed E-state index contributed by atoms with van der Waals surface area (Å²) in [5.74, 6) is 0. The van der Waals surface area contributed by atoms with Gasteiger partial charge in [0, 0.05) is 12.7 Å². The molecule has 98 valence electrons. The molecule has 1 saturated carbocycles. The van der Waals surface area contributed by atoms with E-state index in [-0.39, 0.29) is 10.6 Å². The summed E-state index contributed by atoms with van der Waals surface area (Å²) in [6.07, 6.45) is 8.99. The molecule has 1 aliphatic rings. The molecule has 1 aliphatic carbocycles. The zero-order chi connectivity index (χ0) is 13.0. The maximum absolute atomic E-state index is 10.9. The molecule has 2 rings (SSSR count). The van der Waals surface area contributed by atoms with Gasteiger partial charge in [-0.05, 0) is 30.7 Å². The molecule has 5 nitrogen and oxygen atoms in total. The second-order valence-corrected chi connectivity index (χ2v) is 5.06. The Labute approximate surface area is 107 Å². The summed E-state index contributed by atoms with van der Waals surface area (Å²) < 4.78 is 0. The van der Waals surface area contributed by atoms with E-state index in [1.807, 2.05) is 0 Å². The third kappa shape index (κ3) is 2.60. The average Bonchev–Trinajstić information content (AvgIpc) is 2.86. The zero-order valence-corrected chi connectivity index (χ0v) is 10.7. The summed E-state index contributed by atoms with van der Waals surface area (Å²) in [7, 11) is 0. The summed E-state index contributed by atoms with van der Waals surface area (Å²) in [5, 5.41) is 14.1. The van der Waals surface area contributed by atoms with Crippen LogP contribution in [0.25, 0.3) is 0 Å². The molecule has 0 bridgehead atoms. The van der Waals surface area contributed by atoms with E-state index in [0.717, 1.165) is 13.0 Å². The molecule has 0 saturated heterocycles. The molecule has 1 fully saturated rings. The van der Waals surface area contributed by atoms with Crippen molar-refractivity contribution in [2.75, 3.05) is 11.9 Å². The van der Waals surface area contributed by atoms with Crippen molar-refractivity contribution in [1.82, 2.24) is 4.98 Å². The van der Waals surface area contributed by atoms with E-state index in [0.29, 0.717) is 11.1 Å². The van der Waals surface area contributed by atoms with Gasteiger partial charge in [0.1, 0.15) is 11.9 Å². The fourth-order valence-corrected chi connectivity index (χ4v) is 2.74. The Morgan fingerprint density at radius 1 is 1.50 bits per heavy atom. The first-order valence-electron chi connectivity index (χ1n) is 6.49. The Morgan fingerprint density at radius 2 is 2.22 bits per heavy atom. The van der Waals surface area contributed by atoms with Gasteiger partial charge in [-0.1, -0.05) is 19.8 Å². The maximum atomic E-state index is 10.9. The normalized spacial score (nSPS) is 17.6. The van der Waals surface area contributed by atoms with E-state index in [1.54, 1.807) is 12.3 Å². The second-order valence-electron chi connectivity index (χ2n) is 5.06. The quantitative estimate of drug-likeness (QED) is 0.641. The van der Waals surface area contributed by atoms with E-state index < -0.39 is 0 Å². The van der Waals surface area contributed by atoms with Gasteiger partial charge in [0.15, 0.2) is 0 Å². The van der Waals surface area contributed by atoms with Crippen LogP contribution in [0.4, 0.5) is 11.4 Å². The molecule has 0 unspecified atom stereocenters. The SMILES string of the molecule is CCC1(CNc2ccncc2[N+](=O)[O-])CCCC1. The van der Waals surface area contributed by atoms with Crippen LogP contribution >= 0.6 is 0 Å². The first kappa shape index (κ1) is 12.8. The van der Waals surface area contributed by atoms with Crippen molar-refractivity contribution in [3.05, 3.63) is 28.6 Å². The number of nitrogens with one attached hydrogen (secondary N) is 1. The predicted molar refractivity (Wildman–Crippen MR) is 70.6 cm³/mol. The zero-order valence-electron chi connectivity index (χ0n) is 10.7. The summed E-state index contributed by atoms with van der Waals surface area (Å²) in [6, 6.07) is 1.68. The Balaban J connectivity index is 2.08. The average molecular weight is 249 g/mol. The molecule has 0 aliphatic heterocycles. The van der Waals surface area contributed by atoms with Crippen LogP contribution < -0.4 is 5.32 Å². The van der Waals surface area contributed by atoms with Gasteiger partial charge in [0.05, 0.1) is 4.92 Å². The van der Waals surface area contributed by atoms with Gasteiger partial charge in [-0.25, -0.2) is 0 Å². The molecule has 0 amide bonds. The number of nitro groups is 1. The largest absolute Gasteiger partial charge is 0.379 e. The van der Waals surface area contributed by atoms with Crippen LogP contribution in [0.2, 0.25) is 0 Å². The third-order valence-corrected chi connectivity index (χ3v) is 4.06. The van der Waals surface area contributed by atoms with Crippen LogP contribution in [-0.2, 0) is 0 Å². The van der Waals surface area contributed by atoms with Crippen LogP contribution in [0.5, 0.6) is 0 Å². The Kier molecular flexibility index (Phi) is 3.79. The van der Waals surface area contributed by atoms with Crippen molar-refractivity contribution in [3.8, 4) is 0 Å². The monoisotopic (exact) mass is 249 g/mol. The molecule has 0 radical (unpaired) electrons. The maximum Gasteiger partial charge on any atom is 0.310 e. The number of hydrogen-bond donors (Lipinski definition) is 1. The fraction of sp³-hybridized carbons (Fsp3) is 0.615. The smallest absolute Gasteiger partial charge is 0.310 e. The fourth-order valence-electron chi connectivity index (χ4n) is 2.74. The Bertz CT molecular complexity index is 428. The van der Waals surface area contributed by atoms with Gasteiger partial charge in [-0.2, -0.15) is 0 Å². The van der Waals surface area contributed by atoms with Crippen molar-refractivity contribution >= 4 is 11.4 Å². The molecule has 0 spiro atoms. The van der Waals surface area contributed by atoms with Gasteiger partial charge in [0.2, 0.25) is 0 Å². The lowest BCUT2D eigenvalue weighted by Crippen LogP contribution is -2.26. The standard InChI is InChI=1S/C13H19N3O2/c1-2-13(6-3-4-7-13)10-15-11-5-8-14-9-12(11)16(17)18/h5,8-9H,2-4,6-7,10H2,1H3,(H,14,15). The highest BCUT2D eigenvalue weighted by molar-refractivity contribution is 5.59. The lowest BCUT2D eigenvalue weighted by atomic mass is 9.83. The molecular weight excluding hydrogens is 230 g/mol. The highest BCUT2D eigenvalue weighted by atomic mass is 16.6. The van der Waals surface area contributed by atoms with Crippen molar-refractivity contribution in [3.63, 3.8) is 0 Å². The number of pyridine rings is 1. The van der Waals surface area contributed by atoms with Gasteiger partial charge < -0.3 is 5.32 Å². The third-order valence-electron chi connectivity index (χ3n) is 4.06. The van der Waals surface area contributed by atoms with Crippen LogP contribution in [0.1, 0.15) is 39.0 Å². The highest BCUT2D eigenvalue weighted by Crippen LogP contribution is 2.41. The molecule has 18 heavy (non-hydrogen) atoms. The van der Waals surface area contributed by atoms with E-state index in [9.17, 15) is 10.1 Å². The lowest BCUT2D eigenvalue weighted by molar-refractivity contribution is -0.384. The summed E-state index contributed by atoms with van der Waals surface area (Å²) in [4.78, 5) is 14.3. The summed E-state index contributed by atoms with van der Waals surface area (Å²) >= 11 is 0. The molecule has 1 N–H and O–H groups in total. The molecule has 1 aromatic rings. The van der Waals surface area contributed by atoms with Crippen LogP contribution in [0.15, 0.2) is 18.5 Å².